The van der Waals surface area contributed by atoms with Crippen LogP contribution in [0.1, 0.15) is 18.1 Å². The Morgan fingerprint density at radius 3 is 2.52 bits per heavy atom. The zero-order valence-corrected chi connectivity index (χ0v) is 17.7. The lowest BCUT2D eigenvalue weighted by Gasteiger charge is -2.22. The number of carbonyl (C=O) groups is 1. The molecule has 3 aromatic rings. The van der Waals surface area contributed by atoms with Gasteiger partial charge in [-0.15, -0.1) is 0 Å². The molecule has 0 spiro atoms. The molecular weight excluding hydrogens is 426 g/mol. The number of carboxylic acid groups (broad SMARTS) is 1. The Morgan fingerprint density at radius 2 is 1.90 bits per heavy atom. The molecular formula is C23H21ClF2N2O3. The van der Waals surface area contributed by atoms with E-state index in [9.17, 15) is 13.6 Å². The number of hydrogen-bond acceptors (Lipinski definition) is 4. The number of alkyl halides is 2. The lowest BCUT2D eigenvalue weighted by Crippen LogP contribution is -2.36. The molecule has 0 unspecified atom stereocenters. The first-order chi connectivity index (χ1) is 14.7. The monoisotopic (exact) mass is 446 g/mol. The van der Waals surface area contributed by atoms with E-state index >= 15 is 0 Å². The van der Waals surface area contributed by atoms with Crippen LogP contribution < -0.4 is 9.64 Å². The van der Waals surface area contributed by atoms with E-state index < -0.39 is 18.6 Å². The highest BCUT2D eigenvalue weighted by Gasteiger charge is 2.18. The molecule has 1 aromatic heterocycles. The molecule has 0 aliphatic heterocycles. The second-order valence-electron chi connectivity index (χ2n) is 7.05. The van der Waals surface area contributed by atoms with Gasteiger partial charge in [-0.25, -0.2) is 9.78 Å². The molecule has 1 N–H and O–H groups in total. The fourth-order valence-electron chi connectivity index (χ4n) is 3.10. The zero-order valence-electron chi connectivity index (χ0n) is 16.9. The molecule has 2 aromatic carbocycles. The van der Waals surface area contributed by atoms with Crippen molar-refractivity contribution in [1.29, 1.82) is 0 Å². The molecule has 31 heavy (non-hydrogen) atoms. The highest BCUT2D eigenvalue weighted by molar-refractivity contribution is 6.30. The van der Waals surface area contributed by atoms with Gasteiger partial charge in [0.05, 0.1) is 0 Å². The highest BCUT2D eigenvalue weighted by atomic mass is 35.5. The van der Waals surface area contributed by atoms with E-state index in [4.69, 9.17) is 16.7 Å². The lowest BCUT2D eigenvalue weighted by atomic mass is 9.98. The maximum Gasteiger partial charge on any atom is 0.387 e. The SMILES string of the molecule is C[C@H](C(=O)O)N(C)c1ccc(Cc2ccc(OC(F)F)c(-c3cccc(Cl)c3)c2)cn1. The summed E-state index contributed by atoms with van der Waals surface area (Å²) in [5, 5.41) is 9.63. The van der Waals surface area contributed by atoms with Crippen LogP contribution in [-0.2, 0) is 11.2 Å². The number of aliphatic carboxylic acids is 1. The van der Waals surface area contributed by atoms with E-state index in [0.717, 1.165) is 11.1 Å². The van der Waals surface area contributed by atoms with Crippen molar-refractivity contribution in [1.82, 2.24) is 4.98 Å². The van der Waals surface area contributed by atoms with Crippen LogP contribution in [0.3, 0.4) is 0 Å². The Balaban J connectivity index is 1.86. The standard InChI is InChI=1S/C23H21ClF2N2O3/c1-14(22(29)30)28(2)21-9-7-16(13-27-21)10-15-6-8-20(31-23(25)26)19(11-15)17-4-3-5-18(24)12-17/h3-9,11-14,23H,10H2,1-2H3,(H,29,30)/t14-/m1/s1. The van der Waals surface area contributed by atoms with Crippen LogP contribution in [0.5, 0.6) is 5.75 Å². The second-order valence-corrected chi connectivity index (χ2v) is 7.48. The first-order valence-electron chi connectivity index (χ1n) is 9.49. The molecule has 0 saturated heterocycles. The summed E-state index contributed by atoms with van der Waals surface area (Å²) < 4.78 is 30.4. The van der Waals surface area contributed by atoms with Crippen molar-refractivity contribution >= 4 is 23.4 Å². The predicted molar refractivity (Wildman–Crippen MR) is 116 cm³/mol. The van der Waals surface area contributed by atoms with Crippen molar-refractivity contribution in [3.8, 4) is 16.9 Å². The number of carboxylic acids is 1. The first-order valence-corrected chi connectivity index (χ1v) is 9.86. The van der Waals surface area contributed by atoms with Crippen LogP contribution in [0.4, 0.5) is 14.6 Å². The van der Waals surface area contributed by atoms with Gasteiger partial charge < -0.3 is 14.7 Å². The number of benzene rings is 2. The minimum Gasteiger partial charge on any atom is -0.480 e. The van der Waals surface area contributed by atoms with Gasteiger partial charge in [-0.3, -0.25) is 0 Å². The smallest absolute Gasteiger partial charge is 0.387 e. The van der Waals surface area contributed by atoms with E-state index in [2.05, 4.69) is 9.72 Å². The average molecular weight is 447 g/mol. The summed E-state index contributed by atoms with van der Waals surface area (Å²) in [4.78, 5) is 17.1. The maximum atomic E-state index is 12.9. The summed E-state index contributed by atoms with van der Waals surface area (Å²) in [6, 6.07) is 14.8. The van der Waals surface area contributed by atoms with Gasteiger partial charge in [0.1, 0.15) is 17.6 Å². The van der Waals surface area contributed by atoms with E-state index in [0.29, 0.717) is 28.4 Å². The molecule has 0 aliphatic carbocycles. The number of hydrogen-bond donors (Lipinski definition) is 1. The molecule has 0 saturated carbocycles. The number of ether oxygens (including phenoxy) is 1. The molecule has 0 fully saturated rings. The van der Waals surface area contributed by atoms with Gasteiger partial charge in [-0.2, -0.15) is 8.78 Å². The Morgan fingerprint density at radius 1 is 1.16 bits per heavy atom. The average Bonchev–Trinajstić information content (AvgIpc) is 2.74. The van der Waals surface area contributed by atoms with Crippen LogP contribution in [-0.4, -0.2) is 35.8 Å². The number of rotatable bonds is 8. The molecule has 1 atom stereocenters. The van der Waals surface area contributed by atoms with Gasteiger partial charge in [-0.05, 0) is 60.4 Å². The van der Waals surface area contributed by atoms with Crippen molar-refractivity contribution in [3.63, 3.8) is 0 Å². The van der Waals surface area contributed by atoms with Gasteiger partial charge in [0.2, 0.25) is 0 Å². The summed E-state index contributed by atoms with van der Waals surface area (Å²) in [6.45, 7) is -1.36. The number of pyridine rings is 1. The van der Waals surface area contributed by atoms with Crippen molar-refractivity contribution in [3.05, 3.63) is 76.9 Å². The molecule has 162 valence electrons. The molecule has 5 nitrogen and oxygen atoms in total. The quantitative estimate of drug-likeness (QED) is 0.494. The predicted octanol–water partition coefficient (Wildman–Crippen LogP) is 5.50. The number of anilines is 1. The third-order valence-electron chi connectivity index (χ3n) is 4.91. The van der Waals surface area contributed by atoms with E-state index in [1.807, 2.05) is 6.07 Å². The molecule has 0 radical (unpaired) electrons. The van der Waals surface area contributed by atoms with E-state index in [-0.39, 0.29) is 5.75 Å². The summed E-state index contributed by atoms with van der Waals surface area (Å²) in [6.07, 6.45) is 2.18. The fourth-order valence-corrected chi connectivity index (χ4v) is 3.29. The van der Waals surface area contributed by atoms with Crippen LogP contribution in [0, 0.1) is 0 Å². The Kier molecular flexibility index (Phi) is 7.07. The van der Waals surface area contributed by atoms with Gasteiger partial charge in [0, 0.05) is 23.8 Å². The highest BCUT2D eigenvalue weighted by Crippen LogP contribution is 2.34. The topological polar surface area (TPSA) is 62.7 Å². The molecule has 0 aliphatic rings. The third kappa shape index (κ3) is 5.70. The zero-order chi connectivity index (χ0) is 22.5. The Hall–Kier alpha value is -3.19. The van der Waals surface area contributed by atoms with Crippen molar-refractivity contribution in [2.75, 3.05) is 11.9 Å². The van der Waals surface area contributed by atoms with Crippen LogP contribution in [0.15, 0.2) is 60.8 Å². The Labute approximate surface area is 183 Å². The van der Waals surface area contributed by atoms with Crippen LogP contribution >= 0.6 is 11.6 Å². The second kappa shape index (κ2) is 9.75. The van der Waals surface area contributed by atoms with E-state index in [1.54, 1.807) is 67.5 Å². The number of likely N-dealkylation sites (N-methyl/N-ethyl adjacent to an activating group) is 1. The largest absolute Gasteiger partial charge is 0.480 e. The normalized spacial score (nSPS) is 11.9. The summed E-state index contributed by atoms with van der Waals surface area (Å²) in [5.74, 6) is -0.328. The number of nitrogens with zero attached hydrogens (tertiary/aromatic N) is 2. The number of halogens is 3. The van der Waals surface area contributed by atoms with Gasteiger partial charge in [0.15, 0.2) is 0 Å². The van der Waals surface area contributed by atoms with Crippen molar-refractivity contribution < 1.29 is 23.4 Å². The Bertz CT molecular complexity index is 1060. The third-order valence-corrected chi connectivity index (χ3v) is 5.15. The molecule has 0 amide bonds. The molecule has 0 bridgehead atoms. The molecule has 8 heteroatoms. The first kappa shape index (κ1) is 22.5. The van der Waals surface area contributed by atoms with Gasteiger partial charge >= 0.3 is 12.6 Å². The maximum absolute atomic E-state index is 12.9. The molecule has 1 heterocycles. The minimum atomic E-state index is -2.94. The van der Waals surface area contributed by atoms with Crippen molar-refractivity contribution in [2.24, 2.45) is 0 Å². The summed E-state index contributed by atoms with van der Waals surface area (Å²) in [7, 11) is 1.67. The lowest BCUT2D eigenvalue weighted by molar-refractivity contribution is -0.138. The van der Waals surface area contributed by atoms with Crippen LogP contribution in [0.2, 0.25) is 5.02 Å². The van der Waals surface area contributed by atoms with E-state index in [1.165, 1.54) is 6.07 Å². The number of aromatic nitrogens is 1. The van der Waals surface area contributed by atoms with Crippen molar-refractivity contribution in [2.45, 2.75) is 26.0 Å². The minimum absolute atomic E-state index is 0.0683. The molecule has 3 rings (SSSR count). The van der Waals surface area contributed by atoms with Gasteiger partial charge in [0.25, 0.3) is 0 Å². The van der Waals surface area contributed by atoms with Crippen LogP contribution in [0.25, 0.3) is 11.1 Å². The van der Waals surface area contributed by atoms with Gasteiger partial charge in [-0.1, -0.05) is 35.9 Å². The summed E-state index contributed by atoms with van der Waals surface area (Å²) in [5.41, 5.74) is 2.95. The summed E-state index contributed by atoms with van der Waals surface area (Å²) >= 11 is 6.07. The fraction of sp³-hybridized carbons (Fsp3) is 0.217.